The smallest absolute Gasteiger partial charge is 0.335 e. The van der Waals surface area contributed by atoms with Crippen LogP contribution in [0.3, 0.4) is 0 Å². The van der Waals surface area contributed by atoms with Gasteiger partial charge in [0.05, 0.1) is 6.61 Å². The van der Waals surface area contributed by atoms with Gasteiger partial charge in [-0.1, -0.05) is 12.8 Å². The number of hydrogen-bond acceptors (Lipinski definition) is 4. The molecular formula is C9H17NO3. The van der Waals surface area contributed by atoms with E-state index in [0.29, 0.717) is 13.2 Å². The molecule has 4 nitrogen and oxygen atoms in total. The first-order valence-electron chi connectivity index (χ1n) is 4.79. The molecule has 0 spiro atoms. The highest BCUT2D eigenvalue weighted by atomic mass is 16.5. The molecule has 0 bridgehead atoms. The molecule has 0 aromatic heterocycles. The quantitative estimate of drug-likeness (QED) is 0.576. The van der Waals surface area contributed by atoms with Crippen LogP contribution in [0.1, 0.15) is 25.7 Å². The fourth-order valence-electron chi connectivity index (χ4n) is 1.10. The maximum absolute atomic E-state index is 11.0. The molecule has 1 aliphatic rings. The Morgan fingerprint density at radius 3 is 2.85 bits per heavy atom. The molecule has 13 heavy (non-hydrogen) atoms. The number of hydrogen-bond donors (Lipinski definition) is 2. The molecule has 0 heterocycles. The number of aliphatic hydroxyl groups is 1. The predicted octanol–water partition coefficient (Wildman–Crippen LogP) is 0.0394. The number of aliphatic hydroxyl groups excluding tert-OH is 1. The van der Waals surface area contributed by atoms with Gasteiger partial charge in [-0.3, -0.25) is 0 Å². The van der Waals surface area contributed by atoms with Gasteiger partial charge < -0.3 is 15.6 Å². The maximum Gasteiger partial charge on any atom is 0.335 e. The fourth-order valence-corrected chi connectivity index (χ4v) is 1.10. The lowest BCUT2D eigenvalue weighted by molar-refractivity contribution is -0.153. The van der Waals surface area contributed by atoms with Crippen LogP contribution in [0.15, 0.2) is 0 Å². The van der Waals surface area contributed by atoms with Crippen LogP contribution < -0.4 is 5.73 Å². The topological polar surface area (TPSA) is 72.5 Å². The van der Waals surface area contributed by atoms with Gasteiger partial charge in [0.15, 0.2) is 6.10 Å². The molecule has 0 aromatic rings. The molecule has 1 aliphatic carbocycles. The van der Waals surface area contributed by atoms with E-state index in [4.69, 9.17) is 15.6 Å². The number of carbonyl (C=O) groups excluding carboxylic acids is 1. The van der Waals surface area contributed by atoms with Crippen molar-refractivity contribution >= 4 is 5.97 Å². The average Bonchev–Trinajstić information content (AvgIpc) is 2.88. The summed E-state index contributed by atoms with van der Waals surface area (Å²) in [7, 11) is 0. The zero-order chi connectivity index (χ0) is 9.68. The van der Waals surface area contributed by atoms with Gasteiger partial charge in [-0.25, -0.2) is 4.79 Å². The highest BCUT2D eigenvalue weighted by Crippen LogP contribution is 2.32. The Morgan fingerprint density at radius 1 is 1.62 bits per heavy atom. The van der Waals surface area contributed by atoms with Crippen LogP contribution in [0.5, 0.6) is 0 Å². The van der Waals surface area contributed by atoms with Crippen molar-refractivity contribution < 1.29 is 14.6 Å². The summed E-state index contributed by atoms with van der Waals surface area (Å²) in [6.07, 6.45) is 2.68. The van der Waals surface area contributed by atoms with Crippen molar-refractivity contribution in [3.63, 3.8) is 0 Å². The van der Waals surface area contributed by atoms with Gasteiger partial charge in [-0.2, -0.15) is 0 Å². The first-order valence-corrected chi connectivity index (χ1v) is 4.79. The lowest BCUT2D eigenvalue weighted by Gasteiger charge is -2.08. The second kappa shape index (κ2) is 5.19. The van der Waals surface area contributed by atoms with Crippen LogP contribution in [-0.2, 0) is 9.53 Å². The van der Waals surface area contributed by atoms with Crippen LogP contribution >= 0.6 is 0 Å². The second-order valence-electron chi connectivity index (χ2n) is 3.49. The zero-order valence-corrected chi connectivity index (χ0v) is 7.74. The molecule has 1 rings (SSSR count). The summed E-state index contributed by atoms with van der Waals surface area (Å²) in [6, 6.07) is 0. The first-order chi connectivity index (χ1) is 6.24. The third kappa shape index (κ3) is 4.24. The minimum absolute atomic E-state index is 0.280. The third-order valence-corrected chi connectivity index (χ3v) is 2.18. The molecule has 4 heteroatoms. The molecule has 0 unspecified atom stereocenters. The SMILES string of the molecule is NCC[C@H](O)C(=O)OCCC1CC1. The summed E-state index contributed by atoms with van der Waals surface area (Å²) in [5.41, 5.74) is 5.19. The van der Waals surface area contributed by atoms with Crippen molar-refractivity contribution in [2.45, 2.75) is 31.8 Å². The molecule has 1 saturated carbocycles. The van der Waals surface area contributed by atoms with Crippen LogP contribution in [0, 0.1) is 5.92 Å². The van der Waals surface area contributed by atoms with Crippen LogP contribution in [0.4, 0.5) is 0 Å². The van der Waals surface area contributed by atoms with Crippen molar-refractivity contribution in [1.29, 1.82) is 0 Å². The van der Waals surface area contributed by atoms with Gasteiger partial charge in [-0.15, -0.1) is 0 Å². The van der Waals surface area contributed by atoms with E-state index in [1.165, 1.54) is 12.8 Å². The Morgan fingerprint density at radius 2 is 2.31 bits per heavy atom. The molecule has 1 atom stereocenters. The van der Waals surface area contributed by atoms with Crippen molar-refractivity contribution in [3.05, 3.63) is 0 Å². The minimum Gasteiger partial charge on any atom is -0.464 e. The van der Waals surface area contributed by atoms with Crippen molar-refractivity contribution in [1.82, 2.24) is 0 Å². The molecular weight excluding hydrogens is 170 g/mol. The molecule has 0 amide bonds. The summed E-state index contributed by atoms with van der Waals surface area (Å²) >= 11 is 0. The zero-order valence-electron chi connectivity index (χ0n) is 7.74. The van der Waals surface area contributed by atoms with Crippen molar-refractivity contribution in [2.24, 2.45) is 11.7 Å². The van der Waals surface area contributed by atoms with Gasteiger partial charge in [-0.05, 0) is 25.3 Å². The largest absolute Gasteiger partial charge is 0.464 e. The summed E-state index contributed by atoms with van der Waals surface area (Å²) in [5.74, 6) is 0.213. The van der Waals surface area contributed by atoms with Crippen LogP contribution in [-0.4, -0.2) is 30.3 Å². The summed E-state index contributed by atoms with van der Waals surface area (Å²) in [6.45, 7) is 0.740. The Bertz CT molecular complexity index is 168. The molecule has 0 aromatic carbocycles. The second-order valence-corrected chi connectivity index (χ2v) is 3.49. The van der Waals surface area contributed by atoms with Gasteiger partial charge in [0.1, 0.15) is 0 Å². The fraction of sp³-hybridized carbons (Fsp3) is 0.889. The third-order valence-electron chi connectivity index (χ3n) is 2.18. The Hall–Kier alpha value is -0.610. The molecule has 0 aliphatic heterocycles. The van der Waals surface area contributed by atoms with Gasteiger partial charge in [0.25, 0.3) is 0 Å². The minimum atomic E-state index is -1.04. The highest BCUT2D eigenvalue weighted by Gasteiger charge is 2.22. The van der Waals surface area contributed by atoms with E-state index >= 15 is 0 Å². The van der Waals surface area contributed by atoms with E-state index in [9.17, 15) is 4.79 Å². The highest BCUT2D eigenvalue weighted by molar-refractivity contribution is 5.74. The van der Waals surface area contributed by atoms with E-state index < -0.39 is 12.1 Å². The van der Waals surface area contributed by atoms with E-state index in [2.05, 4.69) is 0 Å². The number of carbonyl (C=O) groups is 1. The molecule has 3 N–H and O–H groups in total. The Labute approximate surface area is 78.1 Å². The molecule has 76 valence electrons. The first kappa shape index (κ1) is 10.5. The Balaban J connectivity index is 2.01. The van der Waals surface area contributed by atoms with E-state index in [1.54, 1.807) is 0 Å². The molecule has 0 saturated heterocycles. The summed E-state index contributed by atoms with van der Waals surface area (Å²) in [4.78, 5) is 11.0. The molecule has 0 radical (unpaired) electrons. The van der Waals surface area contributed by atoms with Crippen molar-refractivity contribution in [3.8, 4) is 0 Å². The summed E-state index contributed by atoms with van der Waals surface area (Å²) < 4.78 is 4.86. The number of esters is 1. The lowest BCUT2D eigenvalue weighted by atomic mass is 10.2. The van der Waals surface area contributed by atoms with Gasteiger partial charge in [0, 0.05) is 0 Å². The normalized spacial score (nSPS) is 18.3. The predicted molar refractivity (Wildman–Crippen MR) is 48.0 cm³/mol. The average molecular weight is 187 g/mol. The Kier molecular flexibility index (Phi) is 4.18. The number of nitrogens with two attached hydrogens (primary N) is 1. The van der Waals surface area contributed by atoms with Crippen LogP contribution in [0.25, 0.3) is 0 Å². The van der Waals surface area contributed by atoms with Gasteiger partial charge in [0.2, 0.25) is 0 Å². The van der Waals surface area contributed by atoms with E-state index in [0.717, 1.165) is 12.3 Å². The molecule has 1 fully saturated rings. The number of rotatable bonds is 6. The van der Waals surface area contributed by atoms with Crippen molar-refractivity contribution in [2.75, 3.05) is 13.2 Å². The standard InChI is InChI=1S/C9H17NO3/c10-5-3-8(11)9(12)13-6-4-7-1-2-7/h7-8,11H,1-6,10H2/t8-/m0/s1. The lowest BCUT2D eigenvalue weighted by Crippen LogP contribution is -2.26. The van der Waals surface area contributed by atoms with Gasteiger partial charge >= 0.3 is 5.97 Å². The van der Waals surface area contributed by atoms with E-state index in [1.807, 2.05) is 0 Å². The number of ether oxygens (including phenoxy) is 1. The monoisotopic (exact) mass is 187 g/mol. The van der Waals surface area contributed by atoms with E-state index in [-0.39, 0.29) is 6.42 Å². The summed E-state index contributed by atoms with van der Waals surface area (Å²) in [5, 5.41) is 9.14. The maximum atomic E-state index is 11.0. The van der Waals surface area contributed by atoms with Crippen LogP contribution in [0.2, 0.25) is 0 Å².